The van der Waals surface area contributed by atoms with Crippen molar-refractivity contribution in [2.75, 3.05) is 12.4 Å². The Bertz CT molecular complexity index is 1190. The van der Waals surface area contributed by atoms with Crippen LogP contribution in [0.5, 0.6) is 0 Å². The van der Waals surface area contributed by atoms with E-state index in [1.165, 1.54) is 42.5 Å². The minimum atomic E-state index is -0.497. The first-order valence-corrected chi connectivity index (χ1v) is 12.2. The minimum Gasteiger partial charge on any atom is -0.349 e. The highest BCUT2D eigenvalue weighted by Crippen LogP contribution is 2.22. The average Bonchev–Trinajstić information content (AvgIpc) is 3.23. The van der Waals surface area contributed by atoms with E-state index in [-0.39, 0.29) is 22.8 Å². The van der Waals surface area contributed by atoms with Crippen LogP contribution >= 0.6 is 23.7 Å². The van der Waals surface area contributed by atoms with E-state index in [1.54, 1.807) is 16.8 Å². The zero-order valence-electron chi connectivity index (χ0n) is 20.0. The predicted octanol–water partition coefficient (Wildman–Crippen LogP) is 4.14. The van der Waals surface area contributed by atoms with E-state index >= 15 is 0 Å². The van der Waals surface area contributed by atoms with Crippen LogP contribution in [0.3, 0.4) is 0 Å². The van der Waals surface area contributed by atoms with Gasteiger partial charge in [-0.1, -0.05) is 11.6 Å². The van der Waals surface area contributed by atoms with E-state index in [2.05, 4.69) is 31.7 Å². The molecule has 3 N–H and O–H groups in total. The molecule has 1 aromatic heterocycles. The molecule has 3 aromatic rings. The lowest BCUT2D eigenvalue weighted by Gasteiger charge is -2.33. The molecule has 36 heavy (non-hydrogen) atoms. The minimum absolute atomic E-state index is 0.00292. The van der Waals surface area contributed by atoms with Gasteiger partial charge in [-0.3, -0.25) is 14.3 Å². The highest BCUT2D eigenvalue weighted by Gasteiger charge is 2.28. The number of hydrogen-bond donors (Lipinski definition) is 3. The van der Waals surface area contributed by atoms with Gasteiger partial charge in [-0.05, 0) is 74.5 Å². The Balaban J connectivity index is 0.000000275. The number of nitrogens with zero attached hydrogens (tertiary/aromatic N) is 3. The zero-order valence-corrected chi connectivity index (χ0v) is 21.5. The van der Waals surface area contributed by atoms with E-state index < -0.39 is 5.82 Å². The molecule has 192 valence electrons. The normalized spacial score (nSPS) is 17.6. The highest BCUT2D eigenvalue weighted by atomic mass is 35.5. The first kappa shape index (κ1) is 27.6. The third-order valence-corrected chi connectivity index (χ3v) is 6.84. The Kier molecular flexibility index (Phi) is 9.82. The van der Waals surface area contributed by atoms with E-state index in [9.17, 15) is 18.4 Å². The van der Waals surface area contributed by atoms with Crippen molar-refractivity contribution in [1.82, 2.24) is 24.1 Å². The zero-order chi connectivity index (χ0) is 26.2. The van der Waals surface area contributed by atoms with Crippen molar-refractivity contribution in [3.8, 4) is 11.3 Å². The van der Waals surface area contributed by atoms with Crippen LogP contribution in [0.15, 0.2) is 48.5 Å². The molecule has 1 aliphatic rings. The summed E-state index contributed by atoms with van der Waals surface area (Å²) in [6.45, 7) is 2.46. The SMILES string of the molecule is CC1CC(C(=O)NCc2cc(-c3ccc(F)cc3)n(C)n2)NSN1C.O=CNc1ccc(F)c(Cl)c1. The number of aromatic nitrogens is 2. The molecule has 2 aromatic carbocycles. The second kappa shape index (κ2) is 12.8. The standard InChI is InChI=1S/C17H22FN5OS.C7H5ClFNO/c1-11-8-15(21-25-23(11)3)17(24)19-10-14-9-16(22(2)20-14)12-4-6-13(18)7-5-12;8-6-3-5(10-4-11)1-2-7(6)9/h4-7,9,11,15,21H,8,10H2,1-3H3,(H,19,24);1-4H,(H,10,11). The number of hydrogen-bond acceptors (Lipinski definition) is 6. The maximum atomic E-state index is 13.1. The smallest absolute Gasteiger partial charge is 0.238 e. The molecule has 0 spiro atoms. The summed E-state index contributed by atoms with van der Waals surface area (Å²) < 4.78 is 32.5. The van der Waals surface area contributed by atoms with Gasteiger partial charge in [0.2, 0.25) is 12.3 Å². The van der Waals surface area contributed by atoms with E-state index in [0.717, 1.165) is 23.4 Å². The lowest BCUT2D eigenvalue weighted by atomic mass is 10.1. The lowest BCUT2D eigenvalue weighted by Crippen LogP contribution is -2.49. The second-order valence-electron chi connectivity index (χ2n) is 8.15. The third-order valence-electron chi connectivity index (χ3n) is 5.51. The fraction of sp³-hybridized carbons (Fsp3) is 0.292. The van der Waals surface area contributed by atoms with Crippen LogP contribution in [-0.2, 0) is 23.2 Å². The predicted molar refractivity (Wildman–Crippen MR) is 138 cm³/mol. The number of anilines is 1. The Labute approximate surface area is 217 Å². The van der Waals surface area contributed by atoms with Gasteiger partial charge in [0.25, 0.3) is 0 Å². The molecule has 2 atom stereocenters. The van der Waals surface area contributed by atoms with Gasteiger partial charge in [0, 0.05) is 30.9 Å². The van der Waals surface area contributed by atoms with Crippen LogP contribution in [0.25, 0.3) is 11.3 Å². The van der Waals surface area contributed by atoms with Crippen LogP contribution in [0.2, 0.25) is 5.02 Å². The largest absolute Gasteiger partial charge is 0.349 e. The summed E-state index contributed by atoms with van der Waals surface area (Å²) in [7, 11) is 3.84. The van der Waals surface area contributed by atoms with Crippen LogP contribution < -0.4 is 15.4 Å². The molecule has 1 aliphatic heterocycles. The van der Waals surface area contributed by atoms with Crippen molar-refractivity contribution < 1.29 is 18.4 Å². The summed E-state index contributed by atoms with van der Waals surface area (Å²) in [5, 5.41) is 9.70. The first-order valence-electron chi connectivity index (χ1n) is 11.0. The number of halogens is 3. The number of benzene rings is 2. The average molecular weight is 537 g/mol. The Morgan fingerprint density at radius 3 is 2.58 bits per heavy atom. The van der Waals surface area contributed by atoms with Crippen molar-refractivity contribution in [3.63, 3.8) is 0 Å². The molecule has 0 saturated carbocycles. The Morgan fingerprint density at radius 2 is 1.94 bits per heavy atom. The molecule has 2 unspecified atom stereocenters. The molecule has 8 nitrogen and oxygen atoms in total. The topological polar surface area (TPSA) is 91.3 Å². The molecule has 0 radical (unpaired) electrons. The molecule has 2 amide bonds. The second-order valence-corrected chi connectivity index (χ2v) is 9.55. The van der Waals surface area contributed by atoms with Gasteiger partial charge in [0.05, 0.1) is 29.0 Å². The lowest BCUT2D eigenvalue weighted by molar-refractivity contribution is -0.123. The molecule has 0 bridgehead atoms. The summed E-state index contributed by atoms with van der Waals surface area (Å²) in [5.41, 5.74) is 3.01. The summed E-state index contributed by atoms with van der Waals surface area (Å²) in [5.74, 6) is -0.791. The summed E-state index contributed by atoms with van der Waals surface area (Å²) in [6.07, 6.45) is 1.27. The molecule has 12 heteroatoms. The van der Waals surface area contributed by atoms with Gasteiger partial charge >= 0.3 is 0 Å². The fourth-order valence-electron chi connectivity index (χ4n) is 3.39. The van der Waals surface area contributed by atoms with Crippen LogP contribution in [0, 0.1) is 11.6 Å². The van der Waals surface area contributed by atoms with Crippen molar-refractivity contribution in [1.29, 1.82) is 0 Å². The fourth-order valence-corrected chi connectivity index (χ4v) is 4.34. The Hall–Kier alpha value is -2.99. The molecule has 1 saturated heterocycles. The molecular formula is C24H27ClF2N6O2S. The van der Waals surface area contributed by atoms with Gasteiger partial charge in [0.15, 0.2) is 0 Å². The molecule has 4 rings (SSSR count). The van der Waals surface area contributed by atoms with E-state index in [1.807, 2.05) is 20.2 Å². The maximum absolute atomic E-state index is 13.1. The number of aryl methyl sites for hydroxylation is 1. The third kappa shape index (κ3) is 7.50. The number of amides is 2. The monoisotopic (exact) mass is 536 g/mol. The number of carbonyl (C=O) groups is 2. The van der Waals surface area contributed by atoms with Gasteiger partial charge < -0.3 is 10.6 Å². The van der Waals surface area contributed by atoms with Crippen LogP contribution in [-0.4, -0.2) is 45.5 Å². The van der Waals surface area contributed by atoms with Crippen LogP contribution in [0.1, 0.15) is 19.0 Å². The summed E-state index contributed by atoms with van der Waals surface area (Å²) in [4.78, 5) is 22.3. The number of nitrogens with one attached hydrogen (secondary N) is 3. The van der Waals surface area contributed by atoms with E-state index in [0.29, 0.717) is 24.7 Å². The molecule has 2 heterocycles. The first-order chi connectivity index (χ1) is 17.2. The van der Waals surface area contributed by atoms with Crippen molar-refractivity contribution in [2.45, 2.75) is 32.0 Å². The van der Waals surface area contributed by atoms with Crippen LogP contribution in [0.4, 0.5) is 14.5 Å². The molecular weight excluding hydrogens is 510 g/mol. The highest BCUT2D eigenvalue weighted by molar-refractivity contribution is 7.95. The molecule has 0 aliphatic carbocycles. The maximum Gasteiger partial charge on any atom is 0.238 e. The molecule has 1 fully saturated rings. The number of rotatable bonds is 6. The van der Waals surface area contributed by atoms with Crippen molar-refractivity contribution in [3.05, 3.63) is 70.9 Å². The number of carbonyl (C=O) groups excluding carboxylic acids is 2. The van der Waals surface area contributed by atoms with Gasteiger partial charge in [-0.25, -0.2) is 17.8 Å². The van der Waals surface area contributed by atoms with Crippen molar-refractivity contribution in [2.24, 2.45) is 7.05 Å². The van der Waals surface area contributed by atoms with Gasteiger partial charge in [0.1, 0.15) is 11.6 Å². The van der Waals surface area contributed by atoms with Crippen molar-refractivity contribution >= 4 is 41.7 Å². The van der Waals surface area contributed by atoms with E-state index in [4.69, 9.17) is 11.6 Å². The van der Waals surface area contributed by atoms with Gasteiger partial charge in [-0.15, -0.1) is 0 Å². The summed E-state index contributed by atoms with van der Waals surface area (Å²) in [6, 6.07) is 12.3. The van der Waals surface area contributed by atoms with Gasteiger partial charge in [-0.2, -0.15) is 5.10 Å². The summed E-state index contributed by atoms with van der Waals surface area (Å²) >= 11 is 6.88. The Morgan fingerprint density at radius 1 is 1.22 bits per heavy atom. The quantitative estimate of drug-likeness (QED) is 0.324.